The fraction of sp³-hybridized carbons (Fsp3) is 0.583. The van der Waals surface area contributed by atoms with E-state index in [1.165, 1.54) is 0 Å². The highest BCUT2D eigenvalue weighted by Crippen LogP contribution is 2.11. The molecule has 0 spiro atoms. The monoisotopic (exact) mass is 248 g/mol. The Balaban J connectivity index is 2.86. The van der Waals surface area contributed by atoms with Crippen LogP contribution in [0.1, 0.15) is 26.7 Å². The maximum absolute atomic E-state index is 5.19. The van der Waals surface area contributed by atoms with Gasteiger partial charge in [-0.1, -0.05) is 19.8 Å². The van der Waals surface area contributed by atoms with Gasteiger partial charge in [-0.15, -0.1) is 6.42 Å². The summed E-state index contributed by atoms with van der Waals surface area (Å²) in [4.78, 5) is 12.7. The van der Waals surface area contributed by atoms with Gasteiger partial charge in [0.05, 0.1) is 6.54 Å². The molecule has 0 unspecified atom stereocenters. The van der Waals surface area contributed by atoms with Crippen molar-refractivity contribution in [3.05, 3.63) is 0 Å². The van der Waals surface area contributed by atoms with Crippen LogP contribution in [-0.2, 0) is 0 Å². The number of aromatic nitrogens is 3. The summed E-state index contributed by atoms with van der Waals surface area (Å²) in [6, 6.07) is 0.359. The van der Waals surface area contributed by atoms with Crippen molar-refractivity contribution in [3.63, 3.8) is 0 Å². The smallest absolute Gasteiger partial charge is 0.230 e. The molecule has 1 heterocycles. The Bertz CT molecular complexity index is 408. The lowest BCUT2D eigenvalue weighted by Crippen LogP contribution is -2.20. The van der Waals surface area contributed by atoms with Gasteiger partial charge in [-0.3, -0.25) is 0 Å². The first kappa shape index (κ1) is 14.0. The van der Waals surface area contributed by atoms with Crippen LogP contribution in [0.4, 0.5) is 17.8 Å². The zero-order chi connectivity index (χ0) is 13.4. The predicted molar refractivity (Wildman–Crippen MR) is 74.7 cm³/mol. The number of hydrogen-bond acceptors (Lipinski definition) is 6. The summed E-state index contributed by atoms with van der Waals surface area (Å²) in [6.45, 7) is 4.63. The second-order valence-electron chi connectivity index (χ2n) is 3.77. The van der Waals surface area contributed by atoms with Gasteiger partial charge in [0.1, 0.15) is 0 Å². The Morgan fingerprint density at radius 2 is 1.72 bits per heavy atom. The van der Waals surface area contributed by atoms with E-state index in [2.05, 4.69) is 50.7 Å². The lowest BCUT2D eigenvalue weighted by Gasteiger charge is -2.15. The molecule has 0 aliphatic heterocycles. The van der Waals surface area contributed by atoms with Crippen molar-refractivity contribution in [2.75, 3.05) is 29.5 Å². The Morgan fingerprint density at radius 1 is 1.11 bits per heavy atom. The largest absolute Gasteiger partial charge is 0.357 e. The maximum atomic E-state index is 5.19. The standard InChI is InChI=1S/C12H20N6/c1-5-8-14-11-16-10(13-4)17-12(18-11)15-9(6-2)7-3/h1,9H,6-8H2,2-4H3,(H3,13,14,15,16,17,18). The minimum absolute atomic E-state index is 0.359. The van der Waals surface area contributed by atoms with Crippen LogP contribution in [0.3, 0.4) is 0 Å². The molecule has 1 rings (SSSR count). The number of hydrogen-bond donors (Lipinski definition) is 3. The Labute approximate surface area is 108 Å². The SMILES string of the molecule is C#CCNc1nc(NC)nc(NC(CC)CC)n1. The lowest BCUT2D eigenvalue weighted by molar-refractivity contribution is 0.664. The van der Waals surface area contributed by atoms with Crippen LogP contribution in [-0.4, -0.2) is 34.6 Å². The van der Waals surface area contributed by atoms with Crippen molar-refractivity contribution in [1.82, 2.24) is 15.0 Å². The summed E-state index contributed by atoms with van der Waals surface area (Å²) in [5, 5.41) is 9.12. The van der Waals surface area contributed by atoms with Crippen LogP contribution >= 0.6 is 0 Å². The summed E-state index contributed by atoms with van der Waals surface area (Å²) in [6.07, 6.45) is 7.23. The average molecular weight is 248 g/mol. The van der Waals surface area contributed by atoms with Gasteiger partial charge in [0, 0.05) is 13.1 Å². The molecule has 0 atom stereocenters. The molecule has 0 aromatic carbocycles. The quantitative estimate of drug-likeness (QED) is 0.636. The Morgan fingerprint density at radius 3 is 2.28 bits per heavy atom. The lowest BCUT2D eigenvalue weighted by atomic mass is 10.2. The minimum Gasteiger partial charge on any atom is -0.357 e. The zero-order valence-electron chi connectivity index (χ0n) is 11.1. The normalized spacial score (nSPS) is 9.94. The van der Waals surface area contributed by atoms with Crippen LogP contribution in [0.5, 0.6) is 0 Å². The van der Waals surface area contributed by atoms with Crippen LogP contribution in [0.15, 0.2) is 0 Å². The third-order valence-electron chi connectivity index (χ3n) is 2.53. The minimum atomic E-state index is 0.359. The number of nitrogens with zero attached hydrogens (tertiary/aromatic N) is 3. The van der Waals surface area contributed by atoms with E-state index in [1.54, 1.807) is 7.05 Å². The summed E-state index contributed by atoms with van der Waals surface area (Å²) < 4.78 is 0. The molecule has 1 aromatic rings. The van der Waals surface area contributed by atoms with Gasteiger partial charge in [-0.05, 0) is 12.8 Å². The molecular formula is C12H20N6. The van der Waals surface area contributed by atoms with E-state index >= 15 is 0 Å². The van der Waals surface area contributed by atoms with Crippen molar-refractivity contribution in [2.24, 2.45) is 0 Å². The molecule has 98 valence electrons. The highest BCUT2D eigenvalue weighted by atomic mass is 15.3. The van der Waals surface area contributed by atoms with E-state index in [1.807, 2.05) is 0 Å². The second kappa shape index (κ2) is 7.33. The van der Waals surface area contributed by atoms with Gasteiger partial charge < -0.3 is 16.0 Å². The number of nitrogens with one attached hydrogen (secondary N) is 3. The zero-order valence-corrected chi connectivity index (χ0v) is 11.1. The molecule has 1 aromatic heterocycles. The van der Waals surface area contributed by atoms with E-state index in [9.17, 15) is 0 Å². The van der Waals surface area contributed by atoms with Gasteiger partial charge in [0.2, 0.25) is 17.8 Å². The molecule has 3 N–H and O–H groups in total. The number of terminal acetylenes is 1. The van der Waals surface area contributed by atoms with E-state index in [4.69, 9.17) is 6.42 Å². The number of rotatable bonds is 7. The molecule has 18 heavy (non-hydrogen) atoms. The van der Waals surface area contributed by atoms with Crippen molar-refractivity contribution in [3.8, 4) is 12.3 Å². The van der Waals surface area contributed by atoms with Crippen molar-refractivity contribution < 1.29 is 0 Å². The molecule has 6 heteroatoms. The average Bonchev–Trinajstić information content (AvgIpc) is 2.42. The molecule has 0 aliphatic carbocycles. The van der Waals surface area contributed by atoms with Gasteiger partial charge in [0.25, 0.3) is 0 Å². The molecule has 0 saturated carbocycles. The summed E-state index contributed by atoms with van der Waals surface area (Å²) in [7, 11) is 1.77. The van der Waals surface area contributed by atoms with Crippen molar-refractivity contribution in [1.29, 1.82) is 0 Å². The molecule has 0 radical (unpaired) electrons. The maximum Gasteiger partial charge on any atom is 0.230 e. The fourth-order valence-corrected chi connectivity index (χ4v) is 1.44. The van der Waals surface area contributed by atoms with E-state index < -0.39 is 0 Å². The summed E-state index contributed by atoms with van der Waals surface area (Å²) in [5.74, 6) is 4.03. The van der Waals surface area contributed by atoms with Gasteiger partial charge in [-0.2, -0.15) is 15.0 Å². The van der Waals surface area contributed by atoms with E-state index in [-0.39, 0.29) is 0 Å². The van der Waals surface area contributed by atoms with E-state index in [0.717, 1.165) is 12.8 Å². The van der Waals surface area contributed by atoms with Gasteiger partial charge >= 0.3 is 0 Å². The first-order chi connectivity index (χ1) is 8.73. The van der Waals surface area contributed by atoms with Crippen LogP contribution in [0.25, 0.3) is 0 Å². The molecule has 0 amide bonds. The molecule has 0 fully saturated rings. The van der Waals surface area contributed by atoms with Gasteiger partial charge in [-0.25, -0.2) is 0 Å². The highest BCUT2D eigenvalue weighted by Gasteiger charge is 2.08. The van der Waals surface area contributed by atoms with Crippen molar-refractivity contribution >= 4 is 17.8 Å². The number of anilines is 3. The van der Waals surface area contributed by atoms with Crippen LogP contribution in [0.2, 0.25) is 0 Å². The third kappa shape index (κ3) is 4.09. The summed E-state index contributed by atoms with van der Waals surface area (Å²) >= 11 is 0. The van der Waals surface area contributed by atoms with Crippen LogP contribution < -0.4 is 16.0 Å². The second-order valence-corrected chi connectivity index (χ2v) is 3.77. The summed E-state index contributed by atoms with van der Waals surface area (Å²) in [5.41, 5.74) is 0. The topological polar surface area (TPSA) is 74.8 Å². The first-order valence-corrected chi connectivity index (χ1v) is 6.11. The fourth-order valence-electron chi connectivity index (χ4n) is 1.44. The van der Waals surface area contributed by atoms with Crippen LogP contribution in [0, 0.1) is 12.3 Å². The predicted octanol–water partition coefficient (Wildman–Crippen LogP) is 1.56. The molecule has 6 nitrogen and oxygen atoms in total. The third-order valence-corrected chi connectivity index (χ3v) is 2.53. The molecule has 0 aliphatic rings. The Kier molecular flexibility index (Phi) is 5.71. The van der Waals surface area contributed by atoms with Crippen molar-refractivity contribution in [2.45, 2.75) is 32.7 Å². The first-order valence-electron chi connectivity index (χ1n) is 6.11. The molecule has 0 saturated heterocycles. The molecular weight excluding hydrogens is 228 g/mol. The highest BCUT2D eigenvalue weighted by molar-refractivity contribution is 5.42. The molecule has 0 bridgehead atoms. The van der Waals surface area contributed by atoms with E-state index in [0.29, 0.717) is 30.4 Å². The Hall–Kier alpha value is -2.03. The van der Waals surface area contributed by atoms with Gasteiger partial charge in [0.15, 0.2) is 0 Å².